The van der Waals surface area contributed by atoms with Crippen molar-refractivity contribution in [1.82, 2.24) is 14.8 Å². The number of rotatable bonds is 4. The maximum absolute atomic E-state index is 13.6. The molecule has 6 nitrogen and oxygen atoms in total. The van der Waals surface area contributed by atoms with Crippen molar-refractivity contribution in [3.05, 3.63) is 108 Å². The van der Waals surface area contributed by atoms with Crippen LogP contribution < -0.4 is 5.73 Å². The number of halogens is 1. The summed E-state index contributed by atoms with van der Waals surface area (Å²) in [6.07, 6.45) is 2.37. The van der Waals surface area contributed by atoms with E-state index in [1.807, 2.05) is 66.9 Å². The van der Waals surface area contributed by atoms with Crippen LogP contribution in [-0.4, -0.2) is 26.5 Å². The van der Waals surface area contributed by atoms with Gasteiger partial charge in [-0.15, -0.1) is 0 Å². The van der Waals surface area contributed by atoms with Crippen LogP contribution in [0.4, 0.5) is 9.18 Å². The minimum Gasteiger partial charge on any atom is -0.350 e. The van der Waals surface area contributed by atoms with Crippen molar-refractivity contribution in [2.24, 2.45) is 10.8 Å². The molecule has 4 aromatic rings. The maximum atomic E-state index is 13.6. The smallest absolute Gasteiger partial charge is 0.335 e. The molecule has 0 bridgehead atoms. The van der Waals surface area contributed by atoms with Crippen LogP contribution in [0.15, 0.2) is 96.2 Å². The van der Waals surface area contributed by atoms with Gasteiger partial charge >= 0.3 is 6.03 Å². The molecule has 158 valence electrons. The molecule has 3 aromatic carbocycles. The lowest BCUT2D eigenvalue weighted by Gasteiger charge is -2.19. The van der Waals surface area contributed by atoms with Crippen LogP contribution in [-0.2, 0) is 0 Å². The first-order valence-corrected chi connectivity index (χ1v) is 10.2. The molecule has 0 saturated heterocycles. The van der Waals surface area contributed by atoms with Crippen LogP contribution in [0, 0.1) is 5.82 Å². The number of amides is 2. The highest BCUT2D eigenvalue weighted by molar-refractivity contribution is 6.03. The van der Waals surface area contributed by atoms with E-state index in [9.17, 15) is 9.18 Å². The summed E-state index contributed by atoms with van der Waals surface area (Å²) in [5, 5.41) is 10.6. The molecule has 1 aliphatic heterocycles. The number of hydrazone groups is 1. The second-order valence-corrected chi connectivity index (χ2v) is 7.54. The molecule has 5 rings (SSSR count). The van der Waals surface area contributed by atoms with Crippen LogP contribution in [0.25, 0.3) is 16.9 Å². The molecule has 2 N–H and O–H groups in total. The second-order valence-electron chi connectivity index (χ2n) is 7.54. The van der Waals surface area contributed by atoms with Crippen molar-refractivity contribution in [1.29, 1.82) is 0 Å². The minimum absolute atomic E-state index is 0.327. The number of hydrogen-bond acceptors (Lipinski definition) is 3. The quantitative estimate of drug-likeness (QED) is 0.504. The minimum atomic E-state index is -0.640. The fourth-order valence-electron chi connectivity index (χ4n) is 3.94. The predicted molar refractivity (Wildman–Crippen MR) is 121 cm³/mol. The van der Waals surface area contributed by atoms with Gasteiger partial charge in [0.15, 0.2) is 0 Å². The van der Waals surface area contributed by atoms with E-state index in [-0.39, 0.29) is 5.82 Å². The van der Waals surface area contributed by atoms with Crippen molar-refractivity contribution >= 4 is 11.7 Å². The van der Waals surface area contributed by atoms with Gasteiger partial charge in [-0.25, -0.2) is 18.9 Å². The Kier molecular flexibility index (Phi) is 4.99. The van der Waals surface area contributed by atoms with E-state index in [1.54, 1.807) is 16.8 Å². The van der Waals surface area contributed by atoms with Crippen molar-refractivity contribution in [3.63, 3.8) is 0 Å². The van der Waals surface area contributed by atoms with E-state index in [4.69, 9.17) is 10.8 Å². The summed E-state index contributed by atoms with van der Waals surface area (Å²) in [4.78, 5) is 12.3. The van der Waals surface area contributed by atoms with Gasteiger partial charge in [0.2, 0.25) is 0 Å². The Hall–Kier alpha value is -4.26. The molecule has 2 heterocycles. The van der Waals surface area contributed by atoms with Gasteiger partial charge in [0.1, 0.15) is 5.82 Å². The molecule has 0 fully saturated rings. The number of aromatic nitrogens is 2. The third-order valence-electron chi connectivity index (χ3n) is 5.48. The first-order valence-electron chi connectivity index (χ1n) is 10.2. The number of urea groups is 1. The maximum Gasteiger partial charge on any atom is 0.335 e. The molecular weight excluding hydrogens is 405 g/mol. The molecule has 1 aromatic heterocycles. The Bertz CT molecular complexity index is 1280. The Morgan fingerprint density at radius 3 is 2.22 bits per heavy atom. The first kappa shape index (κ1) is 19.7. The summed E-state index contributed by atoms with van der Waals surface area (Å²) in [5.74, 6) is -0.327. The number of hydrogen-bond donors (Lipinski definition) is 1. The number of para-hydroxylation sites is 1. The van der Waals surface area contributed by atoms with Crippen LogP contribution in [0.5, 0.6) is 0 Å². The normalized spacial score (nSPS) is 15.6. The number of carbonyl (C=O) groups is 1. The van der Waals surface area contributed by atoms with E-state index in [2.05, 4.69) is 5.10 Å². The molecule has 1 aliphatic rings. The van der Waals surface area contributed by atoms with E-state index in [0.717, 1.165) is 28.1 Å². The molecule has 1 atom stereocenters. The number of nitrogens with zero attached hydrogens (tertiary/aromatic N) is 4. The Labute approximate surface area is 184 Å². The number of benzene rings is 3. The highest BCUT2D eigenvalue weighted by Gasteiger charge is 2.35. The zero-order valence-electron chi connectivity index (χ0n) is 17.1. The van der Waals surface area contributed by atoms with Crippen LogP contribution in [0.1, 0.15) is 23.6 Å². The fraction of sp³-hybridized carbons (Fsp3) is 0.0800. The molecule has 7 heteroatoms. The highest BCUT2D eigenvalue weighted by Crippen LogP contribution is 2.38. The summed E-state index contributed by atoms with van der Waals surface area (Å²) in [7, 11) is 0. The van der Waals surface area contributed by atoms with Crippen molar-refractivity contribution in [3.8, 4) is 16.9 Å². The molecule has 32 heavy (non-hydrogen) atoms. The summed E-state index contributed by atoms with van der Waals surface area (Å²) in [6.45, 7) is 0. The molecule has 0 aliphatic carbocycles. The Balaban J connectivity index is 1.62. The number of primary amides is 1. The molecule has 0 radical (unpaired) electrons. The van der Waals surface area contributed by atoms with Gasteiger partial charge in [-0.3, -0.25) is 0 Å². The fourth-order valence-corrected chi connectivity index (χ4v) is 3.94. The van der Waals surface area contributed by atoms with E-state index in [1.165, 1.54) is 17.1 Å². The zero-order chi connectivity index (χ0) is 22.1. The van der Waals surface area contributed by atoms with Crippen LogP contribution in [0.2, 0.25) is 0 Å². The monoisotopic (exact) mass is 425 g/mol. The molecule has 2 amide bonds. The van der Waals surface area contributed by atoms with Gasteiger partial charge in [0, 0.05) is 23.7 Å². The third kappa shape index (κ3) is 3.65. The van der Waals surface area contributed by atoms with Crippen molar-refractivity contribution in [2.75, 3.05) is 0 Å². The van der Waals surface area contributed by atoms with Gasteiger partial charge in [-0.1, -0.05) is 48.5 Å². The first-order chi connectivity index (χ1) is 15.6. The number of nitrogens with two attached hydrogens (primary N) is 1. The van der Waals surface area contributed by atoms with Crippen molar-refractivity contribution < 1.29 is 9.18 Å². The standard InChI is InChI=1S/C25H20FN5O/c26-19-13-11-18(12-14-19)24-21(16-30(29-24)20-9-5-2-6-10-20)23-15-22(28-31(23)25(27)32)17-7-3-1-4-8-17/h1-14,16,23H,15H2,(H2,27,32). The molecule has 0 saturated carbocycles. The lowest BCUT2D eigenvalue weighted by molar-refractivity contribution is 0.196. The van der Waals surface area contributed by atoms with Gasteiger partial charge in [0.05, 0.1) is 23.1 Å². The van der Waals surface area contributed by atoms with E-state index >= 15 is 0 Å². The summed E-state index contributed by atoms with van der Waals surface area (Å²) < 4.78 is 15.3. The molecular formula is C25H20FN5O. The summed E-state index contributed by atoms with van der Waals surface area (Å²) in [5.41, 5.74) is 10.4. The Morgan fingerprint density at radius 1 is 0.906 bits per heavy atom. The van der Waals surface area contributed by atoms with Crippen molar-refractivity contribution in [2.45, 2.75) is 12.5 Å². The SMILES string of the molecule is NC(=O)N1N=C(c2ccccc2)CC1c1cn(-c2ccccc2)nc1-c1ccc(F)cc1. The average Bonchev–Trinajstić information content (AvgIpc) is 3.46. The average molecular weight is 425 g/mol. The summed E-state index contributed by atoms with van der Waals surface area (Å²) >= 11 is 0. The van der Waals surface area contributed by atoms with Gasteiger partial charge < -0.3 is 5.73 Å². The lowest BCUT2D eigenvalue weighted by Crippen LogP contribution is -2.32. The zero-order valence-corrected chi connectivity index (χ0v) is 17.1. The van der Waals surface area contributed by atoms with Crippen LogP contribution >= 0.6 is 0 Å². The third-order valence-corrected chi connectivity index (χ3v) is 5.48. The second kappa shape index (κ2) is 8.11. The summed E-state index contributed by atoms with van der Waals surface area (Å²) in [6, 6.07) is 24.4. The predicted octanol–water partition coefficient (Wildman–Crippen LogP) is 4.91. The van der Waals surface area contributed by atoms with E-state index < -0.39 is 12.1 Å². The van der Waals surface area contributed by atoms with Crippen LogP contribution in [0.3, 0.4) is 0 Å². The topological polar surface area (TPSA) is 76.5 Å². The molecule has 1 unspecified atom stereocenters. The van der Waals surface area contributed by atoms with Gasteiger partial charge in [-0.05, 0) is 42.0 Å². The van der Waals surface area contributed by atoms with Gasteiger partial charge in [0.25, 0.3) is 0 Å². The Morgan fingerprint density at radius 2 is 1.56 bits per heavy atom. The van der Waals surface area contributed by atoms with E-state index in [0.29, 0.717) is 12.1 Å². The van der Waals surface area contributed by atoms with Gasteiger partial charge in [-0.2, -0.15) is 10.2 Å². The lowest BCUT2D eigenvalue weighted by atomic mass is 9.96. The highest BCUT2D eigenvalue weighted by atomic mass is 19.1. The largest absolute Gasteiger partial charge is 0.350 e. The molecule has 0 spiro atoms. The number of carbonyl (C=O) groups excluding carboxylic acids is 1.